The van der Waals surface area contributed by atoms with Crippen LogP contribution in [-0.2, 0) is 21.4 Å². The highest BCUT2D eigenvalue weighted by Gasteiger charge is 2.32. The number of methoxy groups -OCH3 is 1. The quantitative estimate of drug-likeness (QED) is 0.318. The Morgan fingerprint density at radius 2 is 1.90 bits per heavy atom. The summed E-state index contributed by atoms with van der Waals surface area (Å²) in [4.78, 5) is 31.3. The first kappa shape index (κ1) is 26.5. The molecule has 0 unspecified atom stereocenters. The molecular formula is C31H28N4O5S. The van der Waals surface area contributed by atoms with E-state index in [0.29, 0.717) is 34.1 Å². The van der Waals surface area contributed by atoms with Gasteiger partial charge < -0.3 is 15.0 Å². The first-order valence-electron chi connectivity index (χ1n) is 13.2. The zero-order valence-electron chi connectivity index (χ0n) is 22.3. The molecule has 4 aromatic rings. The van der Waals surface area contributed by atoms with E-state index >= 15 is 0 Å². The van der Waals surface area contributed by atoms with Crippen molar-refractivity contribution in [2.45, 2.75) is 36.6 Å². The molecule has 9 nitrogen and oxygen atoms in total. The molecular weight excluding hydrogens is 540 g/mol. The summed E-state index contributed by atoms with van der Waals surface area (Å²) in [6, 6.07) is 15.2. The maximum absolute atomic E-state index is 14.1. The fourth-order valence-corrected chi connectivity index (χ4v) is 6.19. The van der Waals surface area contributed by atoms with Gasteiger partial charge in [-0.15, -0.1) is 0 Å². The SMILES string of the molecule is COc1ccc(S(=O)(=O)NC(=O)c2c(C3=CC=CCC3=O)c3cc(C4CC4)ccc3n2Cc2ccnc(N)c2)cc1. The number of nitrogens with one attached hydrogen (secondary N) is 1. The fourth-order valence-electron chi connectivity index (χ4n) is 5.24. The summed E-state index contributed by atoms with van der Waals surface area (Å²) in [5, 5.41) is 0.721. The summed E-state index contributed by atoms with van der Waals surface area (Å²) >= 11 is 0. The second-order valence-electron chi connectivity index (χ2n) is 10.2. The number of rotatable bonds is 8. The first-order chi connectivity index (χ1) is 19.7. The molecule has 208 valence electrons. The van der Waals surface area contributed by atoms with Crippen LogP contribution < -0.4 is 15.2 Å². The molecule has 0 bridgehead atoms. The Bertz CT molecular complexity index is 1870. The van der Waals surface area contributed by atoms with E-state index in [4.69, 9.17) is 10.5 Å². The van der Waals surface area contributed by atoms with Crippen LogP contribution in [0.1, 0.15) is 52.4 Å². The molecule has 3 N–H and O–H groups in total. The Morgan fingerprint density at radius 3 is 2.59 bits per heavy atom. The van der Waals surface area contributed by atoms with Crippen LogP contribution in [0.25, 0.3) is 16.5 Å². The van der Waals surface area contributed by atoms with E-state index in [9.17, 15) is 18.0 Å². The summed E-state index contributed by atoms with van der Waals surface area (Å²) in [7, 11) is -2.78. The number of ketones is 1. The highest BCUT2D eigenvalue weighted by Crippen LogP contribution is 2.43. The van der Waals surface area contributed by atoms with Crippen molar-refractivity contribution in [3.63, 3.8) is 0 Å². The monoisotopic (exact) mass is 568 g/mol. The minimum Gasteiger partial charge on any atom is -0.497 e. The number of amides is 1. The van der Waals surface area contributed by atoms with Gasteiger partial charge in [-0.1, -0.05) is 24.3 Å². The van der Waals surface area contributed by atoms with Gasteiger partial charge in [0.15, 0.2) is 5.78 Å². The molecule has 41 heavy (non-hydrogen) atoms. The van der Waals surface area contributed by atoms with Crippen LogP contribution in [0.2, 0.25) is 0 Å². The molecule has 6 rings (SSSR count). The summed E-state index contributed by atoms with van der Waals surface area (Å²) in [6.45, 7) is 0.203. The van der Waals surface area contributed by atoms with Crippen molar-refractivity contribution < 1.29 is 22.7 Å². The van der Waals surface area contributed by atoms with Crippen molar-refractivity contribution in [3.05, 3.63) is 101 Å². The third-order valence-electron chi connectivity index (χ3n) is 7.41. The summed E-state index contributed by atoms with van der Waals surface area (Å²) in [6.07, 6.45) is 9.15. The lowest BCUT2D eigenvalue weighted by atomic mass is 9.92. The van der Waals surface area contributed by atoms with E-state index in [2.05, 4.69) is 9.71 Å². The third-order valence-corrected chi connectivity index (χ3v) is 8.75. The number of carbonyl (C=O) groups is 2. The lowest BCUT2D eigenvalue weighted by Gasteiger charge is -2.15. The van der Waals surface area contributed by atoms with Gasteiger partial charge in [-0.05, 0) is 78.4 Å². The number of hydrogen-bond donors (Lipinski definition) is 2. The molecule has 2 aliphatic carbocycles. The Hall–Kier alpha value is -4.70. The second kappa shape index (κ2) is 10.4. The van der Waals surface area contributed by atoms with Crippen molar-refractivity contribution in [3.8, 4) is 5.75 Å². The van der Waals surface area contributed by atoms with E-state index in [-0.39, 0.29) is 29.3 Å². The Kier molecular flexibility index (Phi) is 6.70. The molecule has 1 saturated carbocycles. The second-order valence-corrected chi connectivity index (χ2v) is 11.9. The van der Waals surface area contributed by atoms with Gasteiger partial charge in [0.2, 0.25) is 0 Å². The van der Waals surface area contributed by atoms with Crippen LogP contribution in [0.5, 0.6) is 5.75 Å². The number of nitrogens with two attached hydrogens (primary N) is 1. The molecule has 0 aliphatic heterocycles. The number of ether oxygens (including phenoxy) is 1. The van der Waals surface area contributed by atoms with E-state index in [1.54, 1.807) is 41.1 Å². The lowest BCUT2D eigenvalue weighted by Crippen LogP contribution is -2.33. The number of benzene rings is 2. The number of nitrogens with zero attached hydrogens (tertiary/aromatic N) is 2. The zero-order valence-corrected chi connectivity index (χ0v) is 23.1. The third kappa shape index (κ3) is 5.14. The van der Waals surface area contributed by atoms with Gasteiger partial charge in [-0.3, -0.25) is 9.59 Å². The Morgan fingerprint density at radius 1 is 1.12 bits per heavy atom. The van der Waals surface area contributed by atoms with Crippen LogP contribution in [0, 0.1) is 0 Å². The van der Waals surface area contributed by atoms with Gasteiger partial charge in [0, 0.05) is 41.2 Å². The number of fused-ring (bicyclic) bond motifs is 1. The number of aromatic nitrogens is 2. The smallest absolute Gasteiger partial charge is 0.282 e. The lowest BCUT2D eigenvalue weighted by molar-refractivity contribution is -0.113. The van der Waals surface area contributed by atoms with Crippen LogP contribution in [-0.4, -0.2) is 36.8 Å². The maximum Gasteiger partial charge on any atom is 0.282 e. The van der Waals surface area contributed by atoms with Crippen LogP contribution in [0.3, 0.4) is 0 Å². The molecule has 10 heteroatoms. The van der Waals surface area contributed by atoms with E-state index in [1.807, 2.05) is 18.2 Å². The Balaban J connectivity index is 1.55. The fraction of sp³-hybridized carbons (Fsp3) is 0.194. The standard InChI is InChI=1S/C31H28N4O5S/c1-40-22-9-11-23(12-10-22)41(38,39)34-31(37)30-29(24-4-2-3-5-27(24)36)25-17-21(20-6-7-20)8-13-26(25)35(30)18-19-14-15-33-28(32)16-19/h2-4,8-17,20H,5-7,18H2,1H3,(H2,32,33)(H,34,37). The summed E-state index contributed by atoms with van der Waals surface area (Å²) in [5.41, 5.74) is 9.40. The molecule has 0 saturated heterocycles. The van der Waals surface area contributed by atoms with Crippen molar-refractivity contribution in [2.75, 3.05) is 12.8 Å². The predicted molar refractivity (Wildman–Crippen MR) is 156 cm³/mol. The molecule has 2 aliphatic rings. The number of Topliss-reactive ketones (excluding diaryl/α,β-unsaturated/α-hetero) is 1. The number of pyridine rings is 1. The molecule has 0 atom stereocenters. The van der Waals surface area contributed by atoms with Crippen LogP contribution in [0.4, 0.5) is 5.82 Å². The highest BCUT2D eigenvalue weighted by molar-refractivity contribution is 7.90. The van der Waals surface area contributed by atoms with Crippen molar-refractivity contribution >= 4 is 44.0 Å². The molecule has 1 amide bonds. The normalized spacial score (nSPS) is 15.1. The van der Waals surface area contributed by atoms with Gasteiger partial charge in [0.05, 0.1) is 12.0 Å². The number of sulfonamides is 1. The highest BCUT2D eigenvalue weighted by atomic mass is 32.2. The number of hydrogen-bond acceptors (Lipinski definition) is 7. The van der Waals surface area contributed by atoms with Crippen molar-refractivity contribution in [1.29, 1.82) is 0 Å². The first-order valence-corrected chi connectivity index (χ1v) is 14.7. The van der Waals surface area contributed by atoms with Crippen molar-refractivity contribution in [1.82, 2.24) is 14.3 Å². The number of carbonyl (C=O) groups excluding carboxylic acids is 2. The maximum atomic E-state index is 14.1. The van der Waals surface area contributed by atoms with Gasteiger partial charge in [-0.25, -0.2) is 18.1 Å². The van der Waals surface area contributed by atoms with Crippen molar-refractivity contribution in [2.24, 2.45) is 0 Å². The Labute approximate surface area is 237 Å². The molecule has 2 aromatic heterocycles. The number of nitrogen functional groups attached to an aromatic ring is 1. The van der Waals surface area contributed by atoms with Gasteiger partial charge in [0.25, 0.3) is 15.9 Å². The summed E-state index contributed by atoms with van der Waals surface area (Å²) < 4.78 is 35.8. The molecule has 2 aromatic carbocycles. The average Bonchev–Trinajstić information content (AvgIpc) is 3.76. The summed E-state index contributed by atoms with van der Waals surface area (Å²) in [5.74, 6) is 0.239. The van der Waals surface area contributed by atoms with Gasteiger partial charge in [-0.2, -0.15) is 0 Å². The molecule has 0 spiro atoms. The predicted octanol–water partition coefficient (Wildman–Crippen LogP) is 4.58. The molecule has 0 radical (unpaired) electrons. The minimum absolute atomic E-state index is 0.0790. The molecule has 2 heterocycles. The minimum atomic E-state index is -4.26. The van der Waals surface area contributed by atoms with E-state index in [1.165, 1.54) is 31.4 Å². The van der Waals surface area contributed by atoms with E-state index < -0.39 is 15.9 Å². The topological polar surface area (TPSA) is 133 Å². The van der Waals surface area contributed by atoms with Crippen LogP contribution in [0.15, 0.2) is 83.9 Å². The van der Waals surface area contributed by atoms with Gasteiger partial charge >= 0.3 is 0 Å². The number of allylic oxidation sites excluding steroid dienone is 4. The van der Waals surface area contributed by atoms with Gasteiger partial charge in [0.1, 0.15) is 17.3 Å². The number of anilines is 1. The van der Waals surface area contributed by atoms with E-state index in [0.717, 1.165) is 29.4 Å². The molecule has 1 fully saturated rings. The van der Waals surface area contributed by atoms with Crippen LogP contribution >= 0.6 is 0 Å². The average molecular weight is 569 g/mol. The largest absolute Gasteiger partial charge is 0.497 e. The zero-order chi connectivity index (χ0) is 28.7.